The second kappa shape index (κ2) is 9.72. The minimum absolute atomic E-state index is 0.106. The first-order chi connectivity index (χ1) is 17.5. The van der Waals surface area contributed by atoms with Crippen LogP contribution in [0.1, 0.15) is 31.8 Å². The molecule has 0 unspecified atom stereocenters. The fourth-order valence-electron chi connectivity index (χ4n) is 3.97. The van der Waals surface area contributed by atoms with Gasteiger partial charge in [-0.25, -0.2) is 10.2 Å². The Hall–Kier alpha value is -4.97. The molecule has 5 rings (SSSR count). The number of ether oxygens (including phenoxy) is 1. The lowest BCUT2D eigenvalue weighted by atomic mass is 10.0. The number of hydrogen-bond donors (Lipinski definition) is 2. The van der Waals surface area contributed by atoms with Crippen molar-refractivity contribution in [2.75, 3.05) is 0 Å². The predicted molar refractivity (Wildman–Crippen MR) is 141 cm³/mol. The van der Waals surface area contributed by atoms with Gasteiger partial charge in [0.2, 0.25) is 0 Å². The van der Waals surface area contributed by atoms with Gasteiger partial charge < -0.3 is 9.84 Å². The molecule has 2 N–H and O–H groups in total. The largest absolute Gasteiger partial charge is 0.507 e. The van der Waals surface area contributed by atoms with Gasteiger partial charge in [0.25, 0.3) is 5.91 Å². The van der Waals surface area contributed by atoms with Crippen molar-refractivity contribution < 1.29 is 19.4 Å². The van der Waals surface area contributed by atoms with Crippen molar-refractivity contribution in [1.82, 2.24) is 5.43 Å². The SMILES string of the molecule is Cc1ccc(C(=O)Oc2ccc3ccccc3c2/C=N/NC(=O)c2cc3ccccc3cc2O)cc1. The zero-order chi connectivity index (χ0) is 25.1. The number of nitrogens with one attached hydrogen (secondary N) is 1. The van der Waals surface area contributed by atoms with E-state index in [1.165, 1.54) is 6.21 Å². The number of hydrazone groups is 1. The number of carbonyl (C=O) groups excluding carboxylic acids is 2. The van der Waals surface area contributed by atoms with Crippen LogP contribution in [0.15, 0.2) is 102 Å². The van der Waals surface area contributed by atoms with Gasteiger partial charge in [-0.05, 0) is 58.8 Å². The van der Waals surface area contributed by atoms with Crippen molar-refractivity contribution in [3.8, 4) is 11.5 Å². The molecule has 0 saturated carbocycles. The average Bonchev–Trinajstić information content (AvgIpc) is 2.89. The molecule has 6 heteroatoms. The molecule has 5 aromatic carbocycles. The van der Waals surface area contributed by atoms with Crippen molar-refractivity contribution in [3.63, 3.8) is 0 Å². The van der Waals surface area contributed by atoms with Crippen LogP contribution in [0.25, 0.3) is 21.5 Å². The summed E-state index contributed by atoms with van der Waals surface area (Å²) in [5.74, 6) is -0.886. The van der Waals surface area contributed by atoms with E-state index >= 15 is 0 Å². The Kier molecular flexibility index (Phi) is 6.16. The quantitative estimate of drug-likeness (QED) is 0.142. The lowest BCUT2D eigenvalue weighted by Crippen LogP contribution is -2.18. The summed E-state index contributed by atoms with van der Waals surface area (Å²) in [5.41, 5.74) is 4.58. The highest BCUT2D eigenvalue weighted by Crippen LogP contribution is 2.28. The van der Waals surface area contributed by atoms with Gasteiger partial charge in [-0.15, -0.1) is 0 Å². The van der Waals surface area contributed by atoms with Crippen LogP contribution < -0.4 is 10.2 Å². The van der Waals surface area contributed by atoms with Crippen LogP contribution in [-0.4, -0.2) is 23.2 Å². The summed E-state index contributed by atoms with van der Waals surface area (Å²) in [6, 6.07) is 28.9. The van der Waals surface area contributed by atoms with E-state index in [1.54, 1.807) is 30.3 Å². The first-order valence-electron chi connectivity index (χ1n) is 11.4. The smallest absolute Gasteiger partial charge is 0.343 e. The molecule has 0 bridgehead atoms. The van der Waals surface area contributed by atoms with E-state index in [9.17, 15) is 14.7 Å². The van der Waals surface area contributed by atoms with Gasteiger partial charge >= 0.3 is 5.97 Å². The standard InChI is InChI=1S/C30H22N2O4/c1-19-10-12-21(13-11-19)30(35)36-28-15-14-20-6-4-5-9-24(20)26(28)18-31-32-29(34)25-16-22-7-2-3-8-23(22)17-27(25)33/h2-18,33H,1H3,(H,32,34)/b31-18+. The Bertz CT molecular complexity index is 1640. The van der Waals surface area contributed by atoms with Crippen molar-refractivity contribution >= 4 is 39.6 Å². The summed E-state index contributed by atoms with van der Waals surface area (Å²) in [6.45, 7) is 1.94. The summed E-state index contributed by atoms with van der Waals surface area (Å²) >= 11 is 0. The first-order valence-corrected chi connectivity index (χ1v) is 11.4. The number of rotatable bonds is 5. The Morgan fingerprint density at radius 2 is 1.50 bits per heavy atom. The Morgan fingerprint density at radius 3 is 2.25 bits per heavy atom. The number of carbonyl (C=O) groups is 2. The van der Waals surface area contributed by atoms with Crippen LogP contribution in [0, 0.1) is 6.92 Å². The molecule has 1 amide bonds. The molecule has 6 nitrogen and oxygen atoms in total. The van der Waals surface area contributed by atoms with E-state index in [0.29, 0.717) is 16.9 Å². The average molecular weight is 475 g/mol. The molecule has 36 heavy (non-hydrogen) atoms. The minimum Gasteiger partial charge on any atom is -0.507 e. The van der Waals surface area contributed by atoms with Crippen LogP contribution in [-0.2, 0) is 0 Å². The Labute approximate surface area is 207 Å². The van der Waals surface area contributed by atoms with E-state index in [2.05, 4.69) is 10.5 Å². The molecule has 0 aliphatic heterocycles. The summed E-state index contributed by atoms with van der Waals surface area (Å²) in [5, 5.41) is 17.8. The third-order valence-corrected chi connectivity index (χ3v) is 5.89. The van der Waals surface area contributed by atoms with Gasteiger partial charge in [0.15, 0.2) is 0 Å². The van der Waals surface area contributed by atoms with Crippen molar-refractivity contribution in [2.45, 2.75) is 6.92 Å². The van der Waals surface area contributed by atoms with Crippen molar-refractivity contribution in [1.29, 1.82) is 0 Å². The highest BCUT2D eigenvalue weighted by Gasteiger charge is 2.15. The Morgan fingerprint density at radius 1 is 0.833 bits per heavy atom. The molecule has 0 radical (unpaired) electrons. The van der Waals surface area contributed by atoms with Crippen molar-refractivity contribution in [2.24, 2.45) is 5.10 Å². The number of aromatic hydroxyl groups is 1. The number of phenolic OH excluding ortho intramolecular Hbond substituents is 1. The number of fused-ring (bicyclic) bond motifs is 2. The molecule has 0 heterocycles. The molecular weight excluding hydrogens is 452 g/mol. The molecule has 0 saturated heterocycles. The van der Waals surface area contributed by atoms with Crippen LogP contribution >= 0.6 is 0 Å². The van der Waals surface area contributed by atoms with Crippen LogP contribution in [0.5, 0.6) is 11.5 Å². The summed E-state index contributed by atoms with van der Waals surface area (Å²) in [7, 11) is 0. The number of aryl methyl sites for hydroxylation is 1. The lowest BCUT2D eigenvalue weighted by molar-refractivity contribution is 0.0734. The van der Waals surface area contributed by atoms with Gasteiger partial charge in [-0.2, -0.15) is 5.10 Å². The zero-order valence-corrected chi connectivity index (χ0v) is 19.4. The molecule has 176 valence electrons. The van der Waals surface area contributed by atoms with E-state index in [-0.39, 0.29) is 11.3 Å². The topological polar surface area (TPSA) is 88.0 Å². The minimum atomic E-state index is -0.562. The van der Waals surface area contributed by atoms with E-state index in [4.69, 9.17) is 4.74 Å². The van der Waals surface area contributed by atoms with Crippen molar-refractivity contribution in [3.05, 3.63) is 119 Å². The van der Waals surface area contributed by atoms with Gasteiger partial charge in [0.1, 0.15) is 11.5 Å². The molecule has 0 aromatic heterocycles. The van der Waals surface area contributed by atoms with Gasteiger partial charge in [0, 0.05) is 5.56 Å². The maximum Gasteiger partial charge on any atom is 0.343 e. The molecule has 5 aromatic rings. The highest BCUT2D eigenvalue weighted by molar-refractivity contribution is 6.05. The third-order valence-electron chi connectivity index (χ3n) is 5.89. The maximum atomic E-state index is 12.8. The lowest BCUT2D eigenvalue weighted by Gasteiger charge is -2.11. The zero-order valence-electron chi connectivity index (χ0n) is 19.4. The monoisotopic (exact) mass is 474 g/mol. The molecule has 0 atom stereocenters. The fourth-order valence-corrected chi connectivity index (χ4v) is 3.97. The van der Waals surface area contributed by atoms with Crippen LogP contribution in [0.3, 0.4) is 0 Å². The highest BCUT2D eigenvalue weighted by atomic mass is 16.5. The molecule has 0 fully saturated rings. The number of nitrogens with zero attached hydrogens (tertiary/aromatic N) is 1. The third kappa shape index (κ3) is 4.65. The van der Waals surface area contributed by atoms with E-state index in [0.717, 1.165) is 27.1 Å². The molecule has 0 spiro atoms. The summed E-state index contributed by atoms with van der Waals surface area (Å²) in [4.78, 5) is 25.5. The second-order valence-corrected chi connectivity index (χ2v) is 8.37. The van der Waals surface area contributed by atoms with Gasteiger partial charge in [-0.3, -0.25) is 4.79 Å². The van der Waals surface area contributed by atoms with E-state index in [1.807, 2.05) is 73.7 Å². The van der Waals surface area contributed by atoms with E-state index < -0.39 is 11.9 Å². The number of benzene rings is 5. The Balaban J connectivity index is 1.44. The maximum absolute atomic E-state index is 12.8. The molecule has 0 aliphatic carbocycles. The van der Waals surface area contributed by atoms with Crippen LogP contribution in [0.2, 0.25) is 0 Å². The summed E-state index contributed by atoms with van der Waals surface area (Å²) in [6.07, 6.45) is 1.44. The van der Waals surface area contributed by atoms with Gasteiger partial charge in [0.05, 0.1) is 17.3 Å². The molecular formula is C30H22N2O4. The number of amides is 1. The van der Waals surface area contributed by atoms with Crippen LogP contribution in [0.4, 0.5) is 0 Å². The fraction of sp³-hybridized carbons (Fsp3) is 0.0333. The van der Waals surface area contributed by atoms with Gasteiger partial charge in [-0.1, -0.05) is 72.3 Å². The predicted octanol–water partition coefficient (Wildman–Crippen LogP) is 5.99. The number of hydrogen-bond acceptors (Lipinski definition) is 5. The number of esters is 1. The first kappa shape index (κ1) is 22.8. The molecule has 0 aliphatic rings. The normalized spacial score (nSPS) is 11.1. The second-order valence-electron chi connectivity index (χ2n) is 8.37. The summed E-state index contributed by atoms with van der Waals surface area (Å²) < 4.78 is 5.71. The number of phenols is 1.